The summed E-state index contributed by atoms with van der Waals surface area (Å²) in [5.74, 6) is 0.0309. The van der Waals surface area contributed by atoms with Gasteiger partial charge in [-0.2, -0.15) is 0 Å². The van der Waals surface area contributed by atoms with Crippen LogP contribution in [0, 0.1) is 11.3 Å². The van der Waals surface area contributed by atoms with E-state index in [0.29, 0.717) is 18.7 Å². The first-order valence-electron chi connectivity index (χ1n) is 7.03. The third-order valence-electron chi connectivity index (χ3n) is 3.59. The second-order valence-corrected chi connectivity index (χ2v) is 6.26. The van der Waals surface area contributed by atoms with E-state index in [2.05, 4.69) is 5.32 Å². The minimum absolute atomic E-state index is 0.127. The van der Waals surface area contributed by atoms with Gasteiger partial charge in [-0.05, 0) is 23.6 Å². The highest BCUT2D eigenvalue weighted by molar-refractivity contribution is 5.94. The van der Waals surface area contributed by atoms with E-state index in [9.17, 15) is 9.90 Å². The molecule has 0 heterocycles. The summed E-state index contributed by atoms with van der Waals surface area (Å²) in [4.78, 5) is 12.1. The molecule has 0 bridgehead atoms. The number of aliphatic hydroxyl groups is 1. The molecule has 0 aliphatic rings. The van der Waals surface area contributed by atoms with E-state index in [-0.39, 0.29) is 17.2 Å². The molecule has 0 saturated carbocycles. The molecule has 112 valence electrons. The van der Waals surface area contributed by atoms with Crippen molar-refractivity contribution in [3.8, 4) is 0 Å². The first-order valence-corrected chi connectivity index (χ1v) is 7.03. The molecule has 1 unspecified atom stereocenters. The molecule has 0 radical (unpaired) electrons. The molecule has 4 N–H and O–H groups in total. The number of hydrogen-bond donors (Lipinski definition) is 3. The molecular formula is C16H26N2O2. The van der Waals surface area contributed by atoms with E-state index >= 15 is 0 Å². The van der Waals surface area contributed by atoms with Crippen LogP contribution in [0.2, 0.25) is 0 Å². The van der Waals surface area contributed by atoms with Gasteiger partial charge in [-0.15, -0.1) is 0 Å². The van der Waals surface area contributed by atoms with Crippen LogP contribution in [0.3, 0.4) is 0 Å². The van der Waals surface area contributed by atoms with Gasteiger partial charge in [0.05, 0.1) is 6.10 Å². The molecule has 0 aliphatic carbocycles. The Kier molecular flexibility index (Phi) is 5.72. The highest BCUT2D eigenvalue weighted by Crippen LogP contribution is 2.25. The quantitative estimate of drug-likeness (QED) is 0.744. The zero-order valence-electron chi connectivity index (χ0n) is 12.8. The fraction of sp³-hybridized carbons (Fsp3) is 0.562. The maximum absolute atomic E-state index is 12.1. The molecule has 1 amide bonds. The third kappa shape index (κ3) is 4.32. The summed E-state index contributed by atoms with van der Waals surface area (Å²) in [6.45, 7) is 8.75. The Morgan fingerprint density at radius 2 is 1.85 bits per heavy atom. The number of rotatable bonds is 6. The molecule has 4 nitrogen and oxygen atoms in total. The Balaban J connectivity index is 2.62. The van der Waals surface area contributed by atoms with Gasteiger partial charge in [0.2, 0.25) is 0 Å². The predicted octanol–water partition coefficient (Wildman–Crippen LogP) is 1.92. The molecule has 0 fully saturated rings. The molecule has 20 heavy (non-hydrogen) atoms. The number of aliphatic hydroxyl groups excluding tert-OH is 1. The Bertz CT molecular complexity index is 438. The van der Waals surface area contributed by atoms with Gasteiger partial charge in [0.15, 0.2) is 0 Å². The van der Waals surface area contributed by atoms with Crippen LogP contribution in [0.1, 0.15) is 43.6 Å². The Morgan fingerprint density at radius 3 is 2.30 bits per heavy atom. The Hall–Kier alpha value is -1.39. The molecule has 1 rings (SSSR count). The van der Waals surface area contributed by atoms with Crippen LogP contribution >= 0.6 is 0 Å². The number of carbonyl (C=O) groups is 1. The van der Waals surface area contributed by atoms with Crippen LogP contribution < -0.4 is 11.1 Å². The van der Waals surface area contributed by atoms with Crippen LogP contribution in [0.25, 0.3) is 0 Å². The highest BCUT2D eigenvalue weighted by atomic mass is 16.3. The number of hydrogen-bond acceptors (Lipinski definition) is 3. The van der Waals surface area contributed by atoms with Crippen molar-refractivity contribution in [3.63, 3.8) is 0 Å². The van der Waals surface area contributed by atoms with E-state index in [4.69, 9.17) is 5.73 Å². The topological polar surface area (TPSA) is 75.3 Å². The average molecular weight is 278 g/mol. The van der Waals surface area contributed by atoms with Crippen molar-refractivity contribution in [2.75, 3.05) is 6.54 Å². The third-order valence-corrected chi connectivity index (χ3v) is 3.59. The summed E-state index contributed by atoms with van der Waals surface area (Å²) in [7, 11) is 0. The van der Waals surface area contributed by atoms with E-state index in [1.165, 1.54) is 0 Å². The van der Waals surface area contributed by atoms with Gasteiger partial charge in [0, 0.05) is 24.1 Å². The van der Waals surface area contributed by atoms with Gasteiger partial charge in [-0.25, -0.2) is 0 Å². The summed E-state index contributed by atoms with van der Waals surface area (Å²) in [6.07, 6.45) is -0.456. The van der Waals surface area contributed by atoms with Crippen molar-refractivity contribution < 1.29 is 9.90 Å². The number of nitrogens with two attached hydrogens (primary N) is 1. The van der Waals surface area contributed by atoms with Crippen LogP contribution in [0.5, 0.6) is 0 Å². The number of carbonyl (C=O) groups excluding carboxylic acids is 1. The van der Waals surface area contributed by atoms with Crippen molar-refractivity contribution in [2.24, 2.45) is 17.1 Å². The number of benzene rings is 1. The summed E-state index contributed by atoms with van der Waals surface area (Å²) in [5.41, 5.74) is 6.77. The Morgan fingerprint density at radius 1 is 1.30 bits per heavy atom. The lowest BCUT2D eigenvalue weighted by atomic mass is 9.80. The van der Waals surface area contributed by atoms with Gasteiger partial charge in [-0.3, -0.25) is 4.79 Å². The number of amides is 1. The maximum atomic E-state index is 12.1. The first-order chi connectivity index (χ1) is 9.27. The normalized spacial score (nSPS) is 13.3. The van der Waals surface area contributed by atoms with Gasteiger partial charge >= 0.3 is 0 Å². The lowest BCUT2D eigenvalue weighted by Crippen LogP contribution is -2.43. The van der Waals surface area contributed by atoms with Gasteiger partial charge in [-0.1, -0.05) is 39.8 Å². The zero-order valence-corrected chi connectivity index (χ0v) is 12.8. The first kappa shape index (κ1) is 16.7. The van der Waals surface area contributed by atoms with E-state index in [1.807, 2.05) is 39.8 Å². The summed E-state index contributed by atoms with van der Waals surface area (Å²) in [5, 5.41) is 13.0. The maximum Gasteiger partial charge on any atom is 0.251 e. The van der Waals surface area contributed by atoms with E-state index in [0.717, 1.165) is 5.56 Å². The monoisotopic (exact) mass is 278 g/mol. The van der Waals surface area contributed by atoms with Crippen LogP contribution in [0.4, 0.5) is 0 Å². The SMILES string of the molecule is CC(C)C(O)C(C)(C)CNC(=O)c1ccc(CN)cc1. The lowest BCUT2D eigenvalue weighted by Gasteiger charge is -2.33. The molecule has 0 saturated heterocycles. The van der Waals surface area contributed by atoms with Gasteiger partial charge in [0.25, 0.3) is 5.91 Å². The van der Waals surface area contributed by atoms with Gasteiger partial charge < -0.3 is 16.2 Å². The van der Waals surface area contributed by atoms with Crippen LogP contribution in [0.15, 0.2) is 24.3 Å². The smallest absolute Gasteiger partial charge is 0.251 e. The molecule has 0 spiro atoms. The van der Waals surface area contributed by atoms with Crippen molar-refractivity contribution in [3.05, 3.63) is 35.4 Å². The van der Waals surface area contributed by atoms with E-state index < -0.39 is 6.10 Å². The number of nitrogens with one attached hydrogen (secondary N) is 1. The van der Waals surface area contributed by atoms with Crippen LogP contribution in [-0.2, 0) is 6.54 Å². The summed E-state index contributed by atoms with van der Waals surface area (Å²) < 4.78 is 0. The zero-order chi connectivity index (χ0) is 15.3. The van der Waals surface area contributed by atoms with Gasteiger partial charge in [0.1, 0.15) is 0 Å². The lowest BCUT2D eigenvalue weighted by molar-refractivity contribution is 0.0138. The molecule has 0 aliphatic heterocycles. The fourth-order valence-corrected chi connectivity index (χ4v) is 2.21. The second-order valence-electron chi connectivity index (χ2n) is 6.26. The van der Waals surface area contributed by atoms with Crippen molar-refractivity contribution in [2.45, 2.75) is 40.3 Å². The second kappa shape index (κ2) is 6.86. The molecule has 4 heteroatoms. The highest BCUT2D eigenvalue weighted by Gasteiger charge is 2.30. The summed E-state index contributed by atoms with van der Waals surface area (Å²) >= 11 is 0. The molecule has 0 aromatic heterocycles. The van der Waals surface area contributed by atoms with Crippen molar-refractivity contribution in [1.29, 1.82) is 0 Å². The Labute approximate surface area is 121 Å². The minimum atomic E-state index is -0.456. The predicted molar refractivity (Wildman–Crippen MR) is 81.3 cm³/mol. The molecule has 1 aromatic carbocycles. The molecule has 1 atom stereocenters. The average Bonchev–Trinajstić information content (AvgIpc) is 2.44. The molecule has 1 aromatic rings. The largest absolute Gasteiger partial charge is 0.392 e. The summed E-state index contributed by atoms with van der Waals surface area (Å²) in [6, 6.07) is 7.23. The molecular weight excluding hydrogens is 252 g/mol. The van der Waals surface area contributed by atoms with Crippen molar-refractivity contribution in [1.82, 2.24) is 5.32 Å². The standard InChI is InChI=1S/C16H26N2O2/c1-11(2)14(19)16(3,4)10-18-15(20)13-7-5-12(9-17)6-8-13/h5-8,11,14,19H,9-10,17H2,1-4H3,(H,18,20). The minimum Gasteiger partial charge on any atom is -0.392 e. The van der Waals surface area contributed by atoms with E-state index in [1.54, 1.807) is 12.1 Å². The fourth-order valence-electron chi connectivity index (χ4n) is 2.21. The van der Waals surface area contributed by atoms with Crippen LogP contribution in [-0.4, -0.2) is 23.7 Å². The van der Waals surface area contributed by atoms with Crippen molar-refractivity contribution >= 4 is 5.91 Å².